The molecule has 17 heavy (non-hydrogen) atoms. The second kappa shape index (κ2) is 4.38. The summed E-state index contributed by atoms with van der Waals surface area (Å²) in [7, 11) is 0. The van der Waals surface area contributed by atoms with E-state index in [1.165, 1.54) is 0 Å². The molecule has 4 nitrogen and oxygen atoms in total. The van der Waals surface area contributed by atoms with Crippen LogP contribution in [0.3, 0.4) is 0 Å². The molecule has 92 valence electrons. The summed E-state index contributed by atoms with van der Waals surface area (Å²) in [6.07, 6.45) is 2.03. The second-order valence-corrected chi connectivity index (χ2v) is 5.23. The van der Waals surface area contributed by atoms with Crippen molar-refractivity contribution in [3.8, 4) is 17.2 Å². The highest BCUT2D eigenvalue weighted by molar-refractivity contribution is 9.10. The number of hydrogen-bond donors (Lipinski definition) is 2. The fourth-order valence-corrected chi connectivity index (χ4v) is 2.94. The number of ether oxygens (including phenoxy) is 2. The molecule has 0 aliphatic carbocycles. The molecule has 0 atom stereocenters. The first-order valence-corrected chi connectivity index (χ1v) is 6.58. The molecule has 0 unspecified atom stereocenters. The van der Waals surface area contributed by atoms with Gasteiger partial charge in [0.1, 0.15) is 5.75 Å². The van der Waals surface area contributed by atoms with Crippen LogP contribution in [0.25, 0.3) is 0 Å². The molecule has 0 amide bonds. The predicted molar refractivity (Wildman–Crippen MR) is 66.8 cm³/mol. The summed E-state index contributed by atoms with van der Waals surface area (Å²) in [6.45, 7) is 2.20. The quantitative estimate of drug-likeness (QED) is 0.836. The highest BCUT2D eigenvalue weighted by atomic mass is 79.9. The lowest BCUT2D eigenvalue weighted by Gasteiger charge is -2.25. The zero-order chi connectivity index (χ0) is 11.8. The van der Waals surface area contributed by atoms with Crippen LogP contribution in [0.4, 0.5) is 0 Å². The molecule has 5 heteroatoms. The molecule has 2 aliphatic rings. The van der Waals surface area contributed by atoms with Gasteiger partial charge < -0.3 is 19.9 Å². The van der Waals surface area contributed by atoms with Gasteiger partial charge in [-0.05, 0) is 47.8 Å². The number of fused-ring (bicyclic) bond motifs is 1. The third kappa shape index (κ3) is 1.87. The fraction of sp³-hybridized carbons (Fsp3) is 0.500. The maximum absolute atomic E-state index is 10.2. The Morgan fingerprint density at radius 2 is 2.06 bits per heavy atom. The van der Waals surface area contributed by atoms with Crippen LogP contribution in [0.5, 0.6) is 17.2 Å². The molecule has 0 radical (unpaired) electrons. The van der Waals surface area contributed by atoms with Gasteiger partial charge in [0.25, 0.3) is 0 Å². The van der Waals surface area contributed by atoms with Crippen LogP contribution in [0.1, 0.15) is 24.3 Å². The van der Waals surface area contributed by atoms with E-state index in [9.17, 15) is 5.11 Å². The predicted octanol–water partition coefficient (Wildman–Crippen LogP) is 2.35. The van der Waals surface area contributed by atoms with E-state index in [2.05, 4.69) is 21.2 Å². The molecule has 2 heterocycles. The zero-order valence-corrected chi connectivity index (χ0v) is 10.9. The summed E-state index contributed by atoms with van der Waals surface area (Å²) in [5, 5.41) is 13.5. The highest BCUT2D eigenvalue weighted by Crippen LogP contribution is 2.49. The summed E-state index contributed by atoms with van der Waals surface area (Å²) >= 11 is 3.37. The van der Waals surface area contributed by atoms with Crippen molar-refractivity contribution >= 4 is 15.9 Å². The lowest BCUT2D eigenvalue weighted by molar-refractivity contribution is 0.172. The van der Waals surface area contributed by atoms with Crippen LogP contribution in [0.2, 0.25) is 0 Å². The third-order valence-electron chi connectivity index (χ3n) is 3.37. The molecule has 1 fully saturated rings. The summed E-state index contributed by atoms with van der Waals surface area (Å²) in [5.74, 6) is 2.08. The Kier molecular flexibility index (Phi) is 2.88. The van der Waals surface area contributed by atoms with Crippen LogP contribution in [-0.4, -0.2) is 25.0 Å². The van der Waals surface area contributed by atoms with Gasteiger partial charge in [-0.2, -0.15) is 0 Å². The lowest BCUT2D eigenvalue weighted by Crippen LogP contribution is -2.26. The number of piperidine rings is 1. The Morgan fingerprint density at radius 1 is 1.29 bits per heavy atom. The van der Waals surface area contributed by atoms with Gasteiger partial charge in [-0.25, -0.2) is 0 Å². The Labute approximate surface area is 108 Å². The van der Waals surface area contributed by atoms with E-state index in [0.29, 0.717) is 16.1 Å². The molecule has 3 rings (SSSR count). The number of phenols is 1. The number of benzene rings is 1. The smallest absolute Gasteiger partial charge is 0.231 e. The van der Waals surface area contributed by atoms with Crippen LogP contribution < -0.4 is 14.8 Å². The topological polar surface area (TPSA) is 50.7 Å². The highest BCUT2D eigenvalue weighted by Gasteiger charge is 2.29. The van der Waals surface area contributed by atoms with Crippen LogP contribution in [0.15, 0.2) is 10.5 Å². The van der Waals surface area contributed by atoms with E-state index in [0.717, 1.165) is 43.0 Å². The van der Waals surface area contributed by atoms with Gasteiger partial charge in [0.15, 0.2) is 11.5 Å². The first kappa shape index (κ1) is 11.2. The van der Waals surface area contributed by atoms with Crippen LogP contribution >= 0.6 is 15.9 Å². The molecular formula is C12H14BrNO3. The molecule has 0 bridgehead atoms. The Morgan fingerprint density at radius 3 is 2.82 bits per heavy atom. The minimum absolute atomic E-state index is 0.239. The van der Waals surface area contributed by atoms with E-state index in [4.69, 9.17) is 9.47 Å². The van der Waals surface area contributed by atoms with Gasteiger partial charge in [-0.15, -0.1) is 0 Å². The SMILES string of the molecule is Oc1c(Br)cc2c(c1C1CCNCC1)OCO2. The summed E-state index contributed by atoms with van der Waals surface area (Å²) in [4.78, 5) is 0. The average molecular weight is 300 g/mol. The Hall–Kier alpha value is -0.940. The number of nitrogens with one attached hydrogen (secondary N) is 1. The molecule has 2 N–H and O–H groups in total. The van der Waals surface area contributed by atoms with Gasteiger partial charge in [0, 0.05) is 11.6 Å². The molecule has 2 aliphatic heterocycles. The van der Waals surface area contributed by atoms with Crippen molar-refractivity contribution < 1.29 is 14.6 Å². The van der Waals surface area contributed by atoms with E-state index < -0.39 is 0 Å². The maximum atomic E-state index is 10.2. The molecule has 0 saturated carbocycles. The van der Waals surface area contributed by atoms with Crippen molar-refractivity contribution in [3.05, 3.63) is 16.1 Å². The number of halogens is 1. The fourth-order valence-electron chi connectivity index (χ4n) is 2.52. The Bertz CT molecular complexity index is 444. The normalized spacial score (nSPS) is 19.6. The monoisotopic (exact) mass is 299 g/mol. The van der Waals surface area contributed by atoms with E-state index >= 15 is 0 Å². The number of hydrogen-bond acceptors (Lipinski definition) is 4. The van der Waals surface area contributed by atoms with Crippen molar-refractivity contribution in [1.82, 2.24) is 5.32 Å². The second-order valence-electron chi connectivity index (χ2n) is 4.38. The van der Waals surface area contributed by atoms with Gasteiger partial charge in [0.05, 0.1) is 4.47 Å². The molecule has 1 aromatic rings. The van der Waals surface area contributed by atoms with Crippen molar-refractivity contribution in [2.45, 2.75) is 18.8 Å². The van der Waals surface area contributed by atoms with E-state index in [1.54, 1.807) is 6.07 Å². The molecule has 0 spiro atoms. The standard InChI is InChI=1S/C12H14BrNO3/c13-8-5-9-12(17-6-16-9)10(11(8)15)7-1-3-14-4-2-7/h5,7,14-15H,1-4,6H2. The van der Waals surface area contributed by atoms with Crippen molar-refractivity contribution in [2.24, 2.45) is 0 Å². The number of aromatic hydroxyl groups is 1. The summed E-state index contributed by atoms with van der Waals surface area (Å²) < 4.78 is 11.6. The van der Waals surface area contributed by atoms with Gasteiger partial charge in [0.2, 0.25) is 6.79 Å². The maximum Gasteiger partial charge on any atom is 0.231 e. The Balaban J connectivity index is 2.07. The minimum Gasteiger partial charge on any atom is -0.506 e. The van der Waals surface area contributed by atoms with Gasteiger partial charge in [-0.3, -0.25) is 0 Å². The van der Waals surface area contributed by atoms with Crippen LogP contribution in [-0.2, 0) is 0 Å². The zero-order valence-electron chi connectivity index (χ0n) is 9.33. The average Bonchev–Trinajstić information content (AvgIpc) is 2.79. The van der Waals surface area contributed by atoms with Gasteiger partial charge >= 0.3 is 0 Å². The van der Waals surface area contributed by atoms with Crippen LogP contribution in [0, 0.1) is 0 Å². The first-order chi connectivity index (χ1) is 8.27. The molecule has 1 aromatic carbocycles. The lowest BCUT2D eigenvalue weighted by atomic mass is 9.88. The first-order valence-electron chi connectivity index (χ1n) is 5.79. The number of phenolic OH excluding ortho intramolecular Hbond substituents is 1. The van der Waals surface area contributed by atoms with Gasteiger partial charge in [-0.1, -0.05) is 0 Å². The largest absolute Gasteiger partial charge is 0.506 e. The molecular weight excluding hydrogens is 286 g/mol. The molecule has 1 saturated heterocycles. The van der Waals surface area contributed by atoms with Crippen molar-refractivity contribution in [1.29, 1.82) is 0 Å². The third-order valence-corrected chi connectivity index (χ3v) is 3.98. The summed E-state index contributed by atoms with van der Waals surface area (Å²) in [6, 6.07) is 1.77. The molecule has 0 aromatic heterocycles. The van der Waals surface area contributed by atoms with Crippen molar-refractivity contribution in [2.75, 3.05) is 19.9 Å². The number of rotatable bonds is 1. The summed E-state index contributed by atoms with van der Waals surface area (Å²) in [5.41, 5.74) is 0.897. The van der Waals surface area contributed by atoms with Crippen molar-refractivity contribution in [3.63, 3.8) is 0 Å². The van der Waals surface area contributed by atoms with E-state index in [-0.39, 0.29) is 6.79 Å². The van der Waals surface area contributed by atoms with E-state index in [1.807, 2.05) is 0 Å². The minimum atomic E-state index is 0.239.